The van der Waals surface area contributed by atoms with E-state index in [4.69, 9.17) is 18.9 Å². The second kappa shape index (κ2) is 13.5. The predicted octanol–water partition coefficient (Wildman–Crippen LogP) is 3.20. The predicted molar refractivity (Wildman–Crippen MR) is 156 cm³/mol. The zero-order chi connectivity index (χ0) is 30.0. The van der Waals surface area contributed by atoms with E-state index in [1.807, 2.05) is 13.8 Å². The maximum absolute atomic E-state index is 14.1. The number of methoxy groups -OCH3 is 1. The number of ketones is 1. The number of nitrogens with zero attached hydrogens (tertiary/aromatic N) is 2. The molecule has 232 valence electrons. The van der Waals surface area contributed by atoms with Crippen molar-refractivity contribution in [3.05, 3.63) is 0 Å². The van der Waals surface area contributed by atoms with E-state index in [0.29, 0.717) is 12.3 Å². The van der Waals surface area contributed by atoms with Crippen LogP contribution in [-0.4, -0.2) is 112 Å². The van der Waals surface area contributed by atoms with Crippen molar-refractivity contribution in [3.63, 3.8) is 0 Å². The average molecular weight is 568 g/mol. The van der Waals surface area contributed by atoms with E-state index in [1.54, 1.807) is 21.0 Å². The summed E-state index contributed by atoms with van der Waals surface area (Å²) in [5, 5.41) is 3.45. The first kappa shape index (κ1) is 33.4. The summed E-state index contributed by atoms with van der Waals surface area (Å²) in [5.74, 6) is -0.606. The Morgan fingerprint density at radius 3 is 2.35 bits per heavy atom. The largest absolute Gasteiger partial charge is 0.463 e. The summed E-state index contributed by atoms with van der Waals surface area (Å²) in [6.07, 6.45) is 1.53. The third-order valence-corrected chi connectivity index (χ3v) is 9.93. The molecule has 0 bridgehead atoms. The summed E-state index contributed by atoms with van der Waals surface area (Å²) in [6, 6.07) is 0.358. The van der Waals surface area contributed by atoms with Crippen molar-refractivity contribution in [2.75, 3.05) is 54.5 Å². The summed E-state index contributed by atoms with van der Waals surface area (Å²) >= 11 is 0. The van der Waals surface area contributed by atoms with E-state index in [9.17, 15) is 9.59 Å². The van der Waals surface area contributed by atoms with Gasteiger partial charge in [-0.05, 0) is 93.0 Å². The molecular weight excluding hydrogens is 510 g/mol. The van der Waals surface area contributed by atoms with Crippen LogP contribution < -0.4 is 5.32 Å². The van der Waals surface area contributed by atoms with E-state index in [-0.39, 0.29) is 42.4 Å². The highest BCUT2D eigenvalue weighted by atomic mass is 16.7. The summed E-state index contributed by atoms with van der Waals surface area (Å²) < 4.78 is 25.4. The molecule has 0 aromatic heterocycles. The van der Waals surface area contributed by atoms with Crippen LogP contribution in [0.5, 0.6) is 0 Å². The monoisotopic (exact) mass is 567 g/mol. The SMILES string of the molecule is CO[C@]1(C)C[C@@H](C)CN(C)[C@H]([C@H]2CCNC2)COC(=O)C(C)(C)C(=O)[C@H](C)[C@H]1O[C@@H]1O[C@H](C)C[C@H](N(C)C)[C@H]1C. The van der Waals surface area contributed by atoms with Crippen molar-refractivity contribution in [2.24, 2.45) is 29.1 Å². The van der Waals surface area contributed by atoms with Crippen LogP contribution in [0.3, 0.4) is 0 Å². The molecule has 3 heterocycles. The fourth-order valence-corrected chi connectivity index (χ4v) is 7.39. The van der Waals surface area contributed by atoms with Gasteiger partial charge in [-0.25, -0.2) is 0 Å². The van der Waals surface area contributed by atoms with Crippen LogP contribution in [0.4, 0.5) is 0 Å². The van der Waals surface area contributed by atoms with Crippen LogP contribution >= 0.6 is 0 Å². The van der Waals surface area contributed by atoms with Crippen molar-refractivity contribution in [3.8, 4) is 0 Å². The zero-order valence-corrected chi connectivity index (χ0v) is 27.0. The van der Waals surface area contributed by atoms with Gasteiger partial charge >= 0.3 is 5.97 Å². The topological polar surface area (TPSA) is 89.6 Å². The lowest BCUT2D eigenvalue weighted by Crippen LogP contribution is -2.57. The Morgan fingerprint density at radius 2 is 1.77 bits per heavy atom. The van der Waals surface area contributed by atoms with Crippen LogP contribution in [0, 0.1) is 29.1 Å². The first-order chi connectivity index (χ1) is 18.6. The molecule has 9 nitrogen and oxygen atoms in total. The van der Waals surface area contributed by atoms with Crippen molar-refractivity contribution < 1.29 is 28.5 Å². The van der Waals surface area contributed by atoms with Crippen molar-refractivity contribution in [2.45, 2.75) is 104 Å². The number of rotatable bonds is 5. The van der Waals surface area contributed by atoms with Crippen molar-refractivity contribution in [1.29, 1.82) is 0 Å². The van der Waals surface area contributed by atoms with Gasteiger partial charge in [-0.3, -0.25) is 14.5 Å². The molecule has 3 saturated heterocycles. The highest BCUT2D eigenvalue weighted by Crippen LogP contribution is 2.39. The minimum Gasteiger partial charge on any atom is -0.463 e. The number of carbonyl (C=O) groups excluding carboxylic acids is 2. The van der Waals surface area contributed by atoms with Gasteiger partial charge in [0.05, 0.1) is 17.8 Å². The van der Waals surface area contributed by atoms with Gasteiger partial charge in [0.2, 0.25) is 0 Å². The number of Topliss-reactive ketones (excluding diaryl/α,β-unsaturated/α-hetero) is 1. The van der Waals surface area contributed by atoms with E-state index in [0.717, 1.165) is 32.5 Å². The van der Waals surface area contributed by atoms with E-state index in [2.05, 4.69) is 57.0 Å². The van der Waals surface area contributed by atoms with Gasteiger partial charge in [0.1, 0.15) is 12.0 Å². The Hall–Kier alpha value is -1.10. The van der Waals surface area contributed by atoms with Gasteiger partial charge in [0, 0.05) is 37.6 Å². The smallest absolute Gasteiger partial charge is 0.319 e. The number of ether oxygens (including phenoxy) is 4. The first-order valence-electron chi connectivity index (χ1n) is 15.3. The molecule has 1 N–H and O–H groups in total. The number of likely N-dealkylation sites (N-methyl/N-ethyl adjacent to an activating group) is 1. The maximum Gasteiger partial charge on any atom is 0.319 e. The molecule has 3 aliphatic rings. The Morgan fingerprint density at radius 1 is 1.10 bits per heavy atom. The number of nitrogens with one attached hydrogen (secondary N) is 1. The molecule has 0 radical (unpaired) electrons. The number of esters is 1. The molecule has 0 aromatic rings. The lowest BCUT2D eigenvalue weighted by atomic mass is 9.74. The van der Waals surface area contributed by atoms with Gasteiger partial charge in [0.15, 0.2) is 12.1 Å². The van der Waals surface area contributed by atoms with Gasteiger partial charge < -0.3 is 29.2 Å². The van der Waals surface area contributed by atoms with E-state index >= 15 is 0 Å². The fourth-order valence-electron chi connectivity index (χ4n) is 7.39. The Bertz CT molecular complexity index is 862. The summed E-state index contributed by atoms with van der Waals surface area (Å²) in [5.41, 5.74) is -2.12. The number of carbonyl (C=O) groups is 2. The molecule has 3 aliphatic heterocycles. The minimum atomic E-state index is -1.33. The molecule has 3 fully saturated rings. The second-order valence-corrected chi connectivity index (χ2v) is 14.0. The normalized spacial score (nSPS) is 42.6. The fraction of sp³-hybridized carbons (Fsp3) is 0.935. The number of hydrogen-bond donors (Lipinski definition) is 1. The molecule has 40 heavy (non-hydrogen) atoms. The number of cyclic esters (lactones) is 1. The summed E-state index contributed by atoms with van der Waals surface area (Å²) in [6.45, 7) is 16.7. The van der Waals surface area contributed by atoms with Crippen LogP contribution in [0.25, 0.3) is 0 Å². The van der Waals surface area contributed by atoms with Gasteiger partial charge in [-0.1, -0.05) is 20.8 Å². The number of hydrogen-bond acceptors (Lipinski definition) is 9. The third-order valence-electron chi connectivity index (χ3n) is 9.93. The maximum atomic E-state index is 14.1. The van der Waals surface area contributed by atoms with Crippen LogP contribution in [0.1, 0.15) is 67.7 Å². The van der Waals surface area contributed by atoms with E-state index in [1.165, 1.54) is 0 Å². The van der Waals surface area contributed by atoms with Gasteiger partial charge in [0.25, 0.3) is 0 Å². The lowest BCUT2D eigenvalue weighted by Gasteiger charge is -2.47. The standard InChI is InChI=1S/C31H57N3O6/c1-19-15-31(7,37-11)27(40-28-21(3)24(33(8)9)14-20(2)39-28)22(4)26(35)30(5,6)29(36)38-18-25(34(10)17-19)23-12-13-32-16-23/h19-25,27-28,32H,12-18H2,1-11H3/t19-,20-,21-,22+,23+,24+,25+,27-,28+,31-/m1/s1. The Kier molecular flexibility index (Phi) is 11.2. The highest BCUT2D eigenvalue weighted by Gasteiger charge is 2.51. The molecule has 0 aromatic carbocycles. The van der Waals surface area contributed by atoms with Crippen LogP contribution in [-0.2, 0) is 28.5 Å². The quantitative estimate of drug-likeness (QED) is 0.397. The molecule has 0 saturated carbocycles. The third kappa shape index (κ3) is 7.27. The molecule has 0 aliphatic carbocycles. The summed E-state index contributed by atoms with van der Waals surface area (Å²) in [4.78, 5) is 32.2. The highest BCUT2D eigenvalue weighted by molar-refractivity contribution is 6.04. The van der Waals surface area contributed by atoms with Gasteiger partial charge in [-0.2, -0.15) is 0 Å². The van der Waals surface area contributed by atoms with Crippen LogP contribution in [0.15, 0.2) is 0 Å². The van der Waals surface area contributed by atoms with Crippen molar-refractivity contribution >= 4 is 11.8 Å². The Labute approximate surface area is 243 Å². The zero-order valence-electron chi connectivity index (χ0n) is 27.0. The van der Waals surface area contributed by atoms with Gasteiger partial charge in [-0.15, -0.1) is 0 Å². The minimum absolute atomic E-state index is 0.0177. The first-order valence-corrected chi connectivity index (χ1v) is 15.3. The molecular formula is C31H57N3O6. The summed E-state index contributed by atoms with van der Waals surface area (Å²) in [7, 11) is 7.99. The molecule has 9 heteroatoms. The second-order valence-electron chi connectivity index (χ2n) is 14.0. The van der Waals surface area contributed by atoms with Crippen molar-refractivity contribution in [1.82, 2.24) is 15.1 Å². The average Bonchev–Trinajstić information content (AvgIpc) is 3.41. The molecule has 0 spiro atoms. The van der Waals surface area contributed by atoms with Crippen LogP contribution in [0.2, 0.25) is 0 Å². The lowest BCUT2D eigenvalue weighted by molar-refractivity contribution is -0.281. The van der Waals surface area contributed by atoms with E-state index < -0.39 is 35.3 Å². The molecule has 0 amide bonds. The molecule has 3 rings (SSSR count). The Balaban J connectivity index is 1.99. The molecule has 0 unspecified atom stereocenters. The molecule has 10 atom stereocenters.